The molecule has 0 aromatic heterocycles. The Morgan fingerprint density at radius 1 is 1.21 bits per heavy atom. The van der Waals surface area contributed by atoms with Crippen molar-refractivity contribution in [1.82, 2.24) is 5.32 Å². The third kappa shape index (κ3) is 5.23. The average molecular weight is 332 g/mol. The van der Waals surface area contributed by atoms with Crippen LogP contribution >= 0.6 is 0 Å². The third-order valence-electron chi connectivity index (χ3n) is 4.58. The van der Waals surface area contributed by atoms with E-state index in [0.717, 1.165) is 19.4 Å². The molecule has 0 saturated carbocycles. The van der Waals surface area contributed by atoms with E-state index in [1.165, 1.54) is 16.8 Å². The van der Waals surface area contributed by atoms with E-state index in [2.05, 4.69) is 56.5 Å². The molecule has 2 N–H and O–H groups in total. The van der Waals surface area contributed by atoms with Crippen molar-refractivity contribution >= 4 is 11.6 Å². The molecule has 134 valence electrons. The summed E-state index contributed by atoms with van der Waals surface area (Å²) in [6, 6.07) is 6.48. The number of anilines is 1. The van der Waals surface area contributed by atoms with Crippen LogP contribution in [-0.2, 0) is 9.53 Å². The Bertz CT molecular complexity index is 508. The van der Waals surface area contributed by atoms with Gasteiger partial charge in [0.1, 0.15) is 0 Å². The van der Waals surface area contributed by atoms with Crippen LogP contribution in [0.5, 0.6) is 0 Å². The first-order valence-electron chi connectivity index (χ1n) is 9.24. The highest BCUT2D eigenvalue weighted by Gasteiger charge is 2.16. The van der Waals surface area contributed by atoms with Gasteiger partial charge in [-0.1, -0.05) is 45.9 Å². The lowest BCUT2D eigenvalue weighted by Gasteiger charge is -2.21. The standard InChI is InChI=1S/C20H32N2O2/c1-14(2)17-8-5-9-18(15(3)4)20(17)21-11-10-19(23)22-13-16-7-6-12-24-16/h5,8-9,14-16,21H,6-7,10-13H2,1-4H3,(H,22,23). The smallest absolute Gasteiger partial charge is 0.221 e. The van der Waals surface area contributed by atoms with Crippen LogP contribution in [0.3, 0.4) is 0 Å². The Hall–Kier alpha value is -1.55. The zero-order valence-electron chi connectivity index (χ0n) is 15.5. The van der Waals surface area contributed by atoms with Crippen molar-refractivity contribution in [1.29, 1.82) is 0 Å². The lowest BCUT2D eigenvalue weighted by molar-refractivity contribution is -0.121. The van der Waals surface area contributed by atoms with Crippen molar-refractivity contribution in [3.05, 3.63) is 29.3 Å². The fourth-order valence-electron chi connectivity index (χ4n) is 3.18. The first-order valence-corrected chi connectivity index (χ1v) is 9.24. The minimum Gasteiger partial charge on any atom is -0.384 e. The first-order chi connectivity index (χ1) is 11.5. The normalized spacial score (nSPS) is 17.5. The van der Waals surface area contributed by atoms with Crippen molar-refractivity contribution < 1.29 is 9.53 Å². The molecule has 1 aromatic rings. The molecule has 0 aliphatic carbocycles. The Balaban J connectivity index is 1.87. The van der Waals surface area contributed by atoms with Crippen molar-refractivity contribution in [2.75, 3.05) is 25.0 Å². The summed E-state index contributed by atoms with van der Waals surface area (Å²) in [5.41, 5.74) is 3.84. The fraction of sp³-hybridized carbons (Fsp3) is 0.650. The molecule has 24 heavy (non-hydrogen) atoms. The topological polar surface area (TPSA) is 50.4 Å². The number of carbonyl (C=O) groups excluding carboxylic acids is 1. The van der Waals surface area contributed by atoms with Crippen LogP contribution in [-0.4, -0.2) is 31.7 Å². The van der Waals surface area contributed by atoms with Gasteiger partial charge in [0, 0.05) is 31.8 Å². The lowest BCUT2D eigenvalue weighted by atomic mass is 9.92. The van der Waals surface area contributed by atoms with E-state index < -0.39 is 0 Å². The second-order valence-electron chi connectivity index (χ2n) is 7.24. The van der Waals surface area contributed by atoms with Crippen LogP contribution < -0.4 is 10.6 Å². The molecular weight excluding hydrogens is 300 g/mol. The molecule has 1 atom stereocenters. The molecule has 1 fully saturated rings. The van der Waals surface area contributed by atoms with Gasteiger partial charge >= 0.3 is 0 Å². The van der Waals surface area contributed by atoms with E-state index >= 15 is 0 Å². The van der Waals surface area contributed by atoms with Gasteiger partial charge in [0.25, 0.3) is 0 Å². The summed E-state index contributed by atoms with van der Waals surface area (Å²) >= 11 is 0. The molecule has 1 saturated heterocycles. The number of benzene rings is 1. The zero-order chi connectivity index (χ0) is 17.5. The molecule has 0 radical (unpaired) electrons. The third-order valence-corrected chi connectivity index (χ3v) is 4.58. The molecule has 1 heterocycles. The number of para-hydroxylation sites is 1. The van der Waals surface area contributed by atoms with Gasteiger partial charge in [-0.2, -0.15) is 0 Å². The number of carbonyl (C=O) groups is 1. The number of amides is 1. The van der Waals surface area contributed by atoms with E-state index in [9.17, 15) is 4.79 Å². The molecule has 0 bridgehead atoms. The molecule has 1 aliphatic heterocycles. The average Bonchev–Trinajstić information content (AvgIpc) is 3.06. The number of hydrogen-bond donors (Lipinski definition) is 2. The fourth-order valence-corrected chi connectivity index (χ4v) is 3.18. The van der Waals surface area contributed by atoms with Crippen molar-refractivity contribution in [2.45, 2.75) is 64.9 Å². The van der Waals surface area contributed by atoms with Crippen molar-refractivity contribution in [2.24, 2.45) is 0 Å². The second-order valence-corrected chi connectivity index (χ2v) is 7.24. The van der Waals surface area contributed by atoms with E-state index in [1.54, 1.807) is 0 Å². The van der Waals surface area contributed by atoms with Crippen LogP contribution in [0, 0.1) is 0 Å². The zero-order valence-corrected chi connectivity index (χ0v) is 15.5. The Morgan fingerprint density at radius 2 is 1.88 bits per heavy atom. The number of ether oxygens (including phenoxy) is 1. The molecule has 1 aliphatic rings. The number of nitrogens with one attached hydrogen (secondary N) is 2. The molecule has 4 nitrogen and oxygen atoms in total. The van der Waals surface area contributed by atoms with Gasteiger partial charge in [-0.05, 0) is 35.8 Å². The van der Waals surface area contributed by atoms with Crippen LogP contribution in [0.2, 0.25) is 0 Å². The molecule has 1 aromatic carbocycles. The van der Waals surface area contributed by atoms with Gasteiger partial charge in [0.05, 0.1) is 6.10 Å². The van der Waals surface area contributed by atoms with Gasteiger partial charge in [0.15, 0.2) is 0 Å². The lowest BCUT2D eigenvalue weighted by Crippen LogP contribution is -2.32. The summed E-state index contributed by atoms with van der Waals surface area (Å²) in [7, 11) is 0. The van der Waals surface area contributed by atoms with Crippen LogP contribution in [0.4, 0.5) is 5.69 Å². The van der Waals surface area contributed by atoms with E-state index in [1.807, 2.05) is 0 Å². The van der Waals surface area contributed by atoms with E-state index in [0.29, 0.717) is 31.3 Å². The monoisotopic (exact) mass is 332 g/mol. The van der Waals surface area contributed by atoms with Gasteiger partial charge in [-0.15, -0.1) is 0 Å². The highest BCUT2D eigenvalue weighted by Crippen LogP contribution is 2.32. The SMILES string of the molecule is CC(C)c1cccc(C(C)C)c1NCCC(=O)NCC1CCCO1. The highest BCUT2D eigenvalue weighted by molar-refractivity contribution is 5.76. The minimum atomic E-state index is 0.0890. The van der Waals surface area contributed by atoms with Gasteiger partial charge < -0.3 is 15.4 Å². The summed E-state index contributed by atoms with van der Waals surface area (Å²) in [5.74, 6) is 1.00. The van der Waals surface area contributed by atoms with E-state index in [-0.39, 0.29) is 12.0 Å². The Morgan fingerprint density at radius 3 is 2.42 bits per heavy atom. The number of rotatable bonds is 8. The van der Waals surface area contributed by atoms with Gasteiger partial charge in [-0.3, -0.25) is 4.79 Å². The highest BCUT2D eigenvalue weighted by atomic mass is 16.5. The minimum absolute atomic E-state index is 0.0890. The molecule has 2 rings (SSSR count). The largest absolute Gasteiger partial charge is 0.384 e. The quantitative estimate of drug-likeness (QED) is 0.755. The van der Waals surface area contributed by atoms with Crippen LogP contribution in [0.15, 0.2) is 18.2 Å². The van der Waals surface area contributed by atoms with Crippen LogP contribution in [0.25, 0.3) is 0 Å². The maximum absolute atomic E-state index is 12.0. The van der Waals surface area contributed by atoms with Crippen molar-refractivity contribution in [3.63, 3.8) is 0 Å². The summed E-state index contributed by atoms with van der Waals surface area (Å²) in [6.07, 6.45) is 2.84. The van der Waals surface area contributed by atoms with Gasteiger partial charge in [0.2, 0.25) is 5.91 Å². The molecule has 0 spiro atoms. The van der Waals surface area contributed by atoms with Gasteiger partial charge in [-0.25, -0.2) is 0 Å². The maximum atomic E-state index is 12.0. The molecule has 4 heteroatoms. The maximum Gasteiger partial charge on any atom is 0.221 e. The Kier molecular flexibility index (Phi) is 7.10. The Labute approximate surface area is 146 Å². The van der Waals surface area contributed by atoms with Crippen molar-refractivity contribution in [3.8, 4) is 0 Å². The van der Waals surface area contributed by atoms with E-state index in [4.69, 9.17) is 4.74 Å². The molecule has 1 unspecified atom stereocenters. The predicted octanol–water partition coefficient (Wildman–Crippen LogP) is 4.03. The first kappa shape index (κ1) is 18.8. The summed E-state index contributed by atoms with van der Waals surface area (Å²) in [5, 5.41) is 6.49. The summed E-state index contributed by atoms with van der Waals surface area (Å²) < 4.78 is 5.53. The second kappa shape index (κ2) is 9.07. The molecule has 1 amide bonds. The predicted molar refractivity (Wildman–Crippen MR) is 99.7 cm³/mol. The summed E-state index contributed by atoms with van der Waals surface area (Å²) in [6.45, 7) is 10.9. The number of hydrogen-bond acceptors (Lipinski definition) is 3. The van der Waals surface area contributed by atoms with Crippen LogP contribution in [0.1, 0.15) is 69.9 Å². The summed E-state index contributed by atoms with van der Waals surface area (Å²) in [4.78, 5) is 12.0. The molecular formula is C20H32N2O2.